The van der Waals surface area contributed by atoms with Crippen LogP contribution < -0.4 is 0 Å². The molecule has 0 radical (unpaired) electrons. The van der Waals surface area contributed by atoms with Crippen LogP contribution in [0.2, 0.25) is 0 Å². The van der Waals surface area contributed by atoms with E-state index >= 15 is 0 Å². The van der Waals surface area contributed by atoms with Gasteiger partial charge in [0.1, 0.15) is 5.83 Å². The van der Waals surface area contributed by atoms with Crippen molar-refractivity contribution in [1.29, 1.82) is 0 Å². The monoisotopic (exact) mass is 140 g/mol. The zero-order chi connectivity index (χ0) is 7.40. The second-order valence-electron chi connectivity index (χ2n) is 2.70. The Kier molecular flexibility index (Phi) is 2.67. The Labute approximate surface area is 61.4 Å². The maximum absolute atomic E-state index is 12.7. The van der Waals surface area contributed by atoms with Gasteiger partial charge >= 0.3 is 0 Å². The molecule has 1 rings (SSSR count). The van der Waals surface area contributed by atoms with Crippen molar-refractivity contribution in [2.24, 2.45) is 5.92 Å². The van der Waals surface area contributed by atoms with Gasteiger partial charge in [-0.15, -0.1) is 0 Å². The zero-order valence-electron chi connectivity index (χ0n) is 6.31. The summed E-state index contributed by atoms with van der Waals surface area (Å²) >= 11 is 0. The molecule has 1 aliphatic carbocycles. The molecule has 0 saturated carbocycles. The van der Waals surface area contributed by atoms with Gasteiger partial charge in [0.05, 0.1) is 0 Å². The summed E-state index contributed by atoms with van der Waals surface area (Å²) in [6.45, 7) is 2.10. The van der Waals surface area contributed by atoms with Crippen LogP contribution in [0.4, 0.5) is 4.39 Å². The Bertz CT molecular complexity index is 156. The Balaban J connectivity index is 2.58. The average Bonchev–Trinajstić information content (AvgIpc) is 2.13. The maximum Gasteiger partial charge on any atom is 0.119 e. The highest BCUT2D eigenvalue weighted by Crippen LogP contribution is 2.19. The van der Waals surface area contributed by atoms with E-state index in [4.69, 9.17) is 0 Å². The van der Waals surface area contributed by atoms with E-state index in [2.05, 4.69) is 6.92 Å². The van der Waals surface area contributed by atoms with E-state index in [1.165, 1.54) is 0 Å². The van der Waals surface area contributed by atoms with Crippen LogP contribution in [0.3, 0.4) is 0 Å². The third-order valence-electron chi connectivity index (χ3n) is 1.90. The molecule has 0 amide bonds. The van der Waals surface area contributed by atoms with Gasteiger partial charge in [0, 0.05) is 0 Å². The van der Waals surface area contributed by atoms with E-state index in [1.54, 1.807) is 12.2 Å². The standard InChI is InChI=1S/C9H13F/c1-2-8-5-3-4-6-9(10)7-8/h4,6-8H,2-3,5H2,1H3. The molecule has 0 spiro atoms. The van der Waals surface area contributed by atoms with Crippen molar-refractivity contribution >= 4 is 0 Å². The molecule has 0 aliphatic heterocycles. The molecule has 10 heavy (non-hydrogen) atoms. The van der Waals surface area contributed by atoms with Gasteiger partial charge in [0.25, 0.3) is 0 Å². The number of hydrogen-bond acceptors (Lipinski definition) is 0. The fraction of sp³-hybridized carbons (Fsp3) is 0.556. The summed E-state index contributed by atoms with van der Waals surface area (Å²) in [5.74, 6) is 0.388. The molecule has 1 heteroatoms. The summed E-state index contributed by atoms with van der Waals surface area (Å²) in [5, 5.41) is 0. The van der Waals surface area contributed by atoms with Crippen molar-refractivity contribution in [3.63, 3.8) is 0 Å². The molecule has 0 bridgehead atoms. The Morgan fingerprint density at radius 2 is 2.50 bits per heavy atom. The second-order valence-corrected chi connectivity index (χ2v) is 2.70. The summed E-state index contributed by atoms with van der Waals surface area (Å²) < 4.78 is 12.7. The van der Waals surface area contributed by atoms with Crippen LogP contribution in [-0.4, -0.2) is 0 Å². The van der Waals surface area contributed by atoms with E-state index in [0.717, 1.165) is 19.3 Å². The molecule has 1 aliphatic rings. The highest BCUT2D eigenvalue weighted by atomic mass is 19.1. The summed E-state index contributed by atoms with van der Waals surface area (Å²) in [6.07, 6.45) is 8.36. The minimum Gasteiger partial charge on any atom is -0.207 e. The highest BCUT2D eigenvalue weighted by Gasteiger charge is 2.05. The van der Waals surface area contributed by atoms with E-state index in [9.17, 15) is 4.39 Å². The Hall–Kier alpha value is -0.590. The molecule has 1 unspecified atom stereocenters. The van der Waals surface area contributed by atoms with Gasteiger partial charge in [-0.25, -0.2) is 4.39 Å². The normalized spacial score (nSPS) is 25.8. The fourth-order valence-corrected chi connectivity index (χ4v) is 1.19. The molecule has 0 heterocycles. The first-order valence-corrected chi connectivity index (χ1v) is 3.86. The van der Waals surface area contributed by atoms with Crippen molar-refractivity contribution in [2.75, 3.05) is 0 Å². The van der Waals surface area contributed by atoms with Crippen LogP contribution in [0.5, 0.6) is 0 Å². The lowest BCUT2D eigenvalue weighted by molar-refractivity contribution is 0.563. The van der Waals surface area contributed by atoms with E-state index in [-0.39, 0.29) is 5.83 Å². The largest absolute Gasteiger partial charge is 0.207 e. The van der Waals surface area contributed by atoms with Gasteiger partial charge in [-0.3, -0.25) is 0 Å². The highest BCUT2D eigenvalue weighted by molar-refractivity contribution is 5.14. The van der Waals surface area contributed by atoms with Crippen molar-refractivity contribution in [3.05, 3.63) is 24.1 Å². The molecule has 0 saturated heterocycles. The molecule has 0 fully saturated rings. The maximum atomic E-state index is 12.7. The number of halogens is 1. The SMILES string of the molecule is CCC1C=C(F)C=CCC1. The average molecular weight is 140 g/mol. The molecular weight excluding hydrogens is 127 g/mol. The van der Waals surface area contributed by atoms with Gasteiger partial charge in [-0.1, -0.05) is 13.0 Å². The lowest BCUT2D eigenvalue weighted by Gasteiger charge is -2.04. The van der Waals surface area contributed by atoms with Gasteiger partial charge in [-0.2, -0.15) is 0 Å². The summed E-state index contributed by atoms with van der Waals surface area (Å²) in [6, 6.07) is 0. The number of rotatable bonds is 1. The first-order chi connectivity index (χ1) is 4.83. The van der Waals surface area contributed by atoms with E-state index in [1.807, 2.05) is 6.08 Å². The lowest BCUT2D eigenvalue weighted by atomic mass is 10.0. The zero-order valence-corrected chi connectivity index (χ0v) is 6.31. The van der Waals surface area contributed by atoms with Crippen LogP contribution in [-0.2, 0) is 0 Å². The molecule has 0 nitrogen and oxygen atoms in total. The summed E-state index contributed by atoms with van der Waals surface area (Å²) in [5.41, 5.74) is 0. The minimum atomic E-state index is -0.0654. The van der Waals surface area contributed by atoms with Crippen LogP contribution in [0, 0.1) is 5.92 Å². The lowest BCUT2D eigenvalue weighted by Crippen LogP contribution is -1.91. The predicted molar refractivity (Wildman–Crippen MR) is 41.3 cm³/mol. The van der Waals surface area contributed by atoms with Gasteiger partial charge < -0.3 is 0 Å². The molecule has 0 N–H and O–H groups in total. The van der Waals surface area contributed by atoms with Gasteiger partial charge in [-0.05, 0) is 37.3 Å². The van der Waals surface area contributed by atoms with Crippen molar-refractivity contribution in [2.45, 2.75) is 26.2 Å². The van der Waals surface area contributed by atoms with E-state index in [0.29, 0.717) is 5.92 Å². The quantitative estimate of drug-likeness (QED) is 0.524. The van der Waals surface area contributed by atoms with Crippen LogP contribution >= 0.6 is 0 Å². The first-order valence-electron chi connectivity index (χ1n) is 3.86. The second kappa shape index (κ2) is 3.55. The van der Waals surface area contributed by atoms with Crippen molar-refractivity contribution < 1.29 is 4.39 Å². The molecule has 0 aromatic rings. The molecule has 0 aromatic heterocycles. The summed E-state index contributed by atoms with van der Waals surface area (Å²) in [4.78, 5) is 0. The molecule has 1 atom stereocenters. The Morgan fingerprint density at radius 3 is 3.20 bits per heavy atom. The molecule has 56 valence electrons. The number of hydrogen-bond donors (Lipinski definition) is 0. The minimum absolute atomic E-state index is 0.0654. The third-order valence-corrected chi connectivity index (χ3v) is 1.90. The van der Waals surface area contributed by atoms with Crippen LogP contribution in [0.15, 0.2) is 24.1 Å². The van der Waals surface area contributed by atoms with Gasteiger partial charge in [0.2, 0.25) is 0 Å². The van der Waals surface area contributed by atoms with Crippen molar-refractivity contribution in [1.82, 2.24) is 0 Å². The number of allylic oxidation sites excluding steroid dienone is 4. The smallest absolute Gasteiger partial charge is 0.119 e. The fourth-order valence-electron chi connectivity index (χ4n) is 1.19. The van der Waals surface area contributed by atoms with Crippen LogP contribution in [0.1, 0.15) is 26.2 Å². The third kappa shape index (κ3) is 1.98. The van der Waals surface area contributed by atoms with Crippen LogP contribution in [0.25, 0.3) is 0 Å². The summed E-state index contributed by atoms with van der Waals surface area (Å²) in [7, 11) is 0. The van der Waals surface area contributed by atoms with Crippen molar-refractivity contribution in [3.8, 4) is 0 Å². The van der Waals surface area contributed by atoms with E-state index < -0.39 is 0 Å². The first kappa shape index (κ1) is 7.52. The Morgan fingerprint density at radius 1 is 1.70 bits per heavy atom. The molecular formula is C9H13F. The van der Waals surface area contributed by atoms with Gasteiger partial charge in [0.15, 0.2) is 0 Å². The predicted octanol–water partition coefficient (Wildman–Crippen LogP) is 3.22. The molecule has 0 aromatic carbocycles. The topological polar surface area (TPSA) is 0 Å².